The van der Waals surface area contributed by atoms with Crippen LogP contribution < -0.4 is 24.4 Å². The van der Waals surface area contributed by atoms with Gasteiger partial charge in [0.15, 0.2) is 0 Å². The molecule has 154 valence electrons. The highest BCUT2D eigenvalue weighted by Gasteiger charge is 2.35. The second-order valence-corrected chi connectivity index (χ2v) is 12.6. The molecular formula is C24H18O5P2. The van der Waals surface area contributed by atoms with Crippen LogP contribution in [0.5, 0.6) is 23.0 Å². The Balaban J connectivity index is 1.58. The van der Waals surface area contributed by atoms with Crippen molar-refractivity contribution in [1.82, 2.24) is 0 Å². The van der Waals surface area contributed by atoms with Crippen LogP contribution in [0.15, 0.2) is 72.8 Å². The van der Waals surface area contributed by atoms with Gasteiger partial charge in [-0.1, -0.05) is 36.4 Å². The van der Waals surface area contributed by atoms with Gasteiger partial charge in [-0.25, -0.2) is 4.57 Å². The molecule has 31 heavy (non-hydrogen) atoms. The van der Waals surface area contributed by atoms with E-state index < -0.39 is 14.7 Å². The van der Waals surface area contributed by atoms with Crippen molar-refractivity contribution < 1.29 is 22.9 Å². The lowest BCUT2D eigenvalue weighted by molar-refractivity contribution is 0.387. The third-order valence-corrected chi connectivity index (χ3v) is 9.36. The first-order valence-corrected chi connectivity index (χ1v) is 14.0. The van der Waals surface area contributed by atoms with Crippen molar-refractivity contribution in [3.8, 4) is 34.1 Å². The quantitative estimate of drug-likeness (QED) is 0.327. The Hall–Kier alpha value is -3.00. The van der Waals surface area contributed by atoms with E-state index in [1.165, 1.54) is 6.66 Å². The summed E-state index contributed by atoms with van der Waals surface area (Å²) in [4.78, 5) is 0. The van der Waals surface area contributed by atoms with Crippen LogP contribution in [0, 0.1) is 0 Å². The van der Waals surface area contributed by atoms with E-state index in [9.17, 15) is 9.13 Å². The molecule has 2 aliphatic heterocycles. The van der Waals surface area contributed by atoms with Gasteiger partial charge >= 0.3 is 7.60 Å². The van der Waals surface area contributed by atoms with Gasteiger partial charge in [0, 0.05) is 5.56 Å². The van der Waals surface area contributed by atoms with Crippen LogP contribution in [0.25, 0.3) is 21.9 Å². The lowest BCUT2D eigenvalue weighted by Crippen LogP contribution is -2.23. The molecule has 0 saturated heterocycles. The zero-order valence-corrected chi connectivity index (χ0v) is 18.7. The number of rotatable bonds is 1. The Kier molecular flexibility index (Phi) is 3.78. The first-order valence-electron chi connectivity index (χ1n) is 9.86. The average molecular weight is 448 g/mol. The normalized spacial score (nSPS) is 23.2. The third kappa shape index (κ3) is 2.77. The molecule has 5 nitrogen and oxygen atoms in total. The fourth-order valence-corrected chi connectivity index (χ4v) is 7.49. The minimum atomic E-state index is -3.30. The number of fused-ring (bicyclic) bond motifs is 2. The van der Waals surface area contributed by atoms with E-state index in [0.29, 0.717) is 33.6 Å². The van der Waals surface area contributed by atoms with E-state index in [0.717, 1.165) is 21.9 Å². The Bertz CT molecular complexity index is 1510. The molecule has 2 unspecified atom stereocenters. The van der Waals surface area contributed by atoms with Gasteiger partial charge in [0.1, 0.15) is 30.1 Å². The summed E-state index contributed by atoms with van der Waals surface area (Å²) in [5.74, 6) is 2.29. The Morgan fingerprint density at radius 3 is 2.35 bits per heavy atom. The molecule has 0 radical (unpaired) electrons. The Morgan fingerprint density at radius 1 is 0.710 bits per heavy atom. The molecule has 0 amide bonds. The van der Waals surface area contributed by atoms with Gasteiger partial charge in [0.05, 0.1) is 22.7 Å². The standard InChI is InChI=1S/C24H18O5P2/c1-30(25)21-9-4-3-7-18(21)27-19-13-11-16(14-22(19)30)17-12-10-15-6-5-8-20-23(15)24(17)29-31(2,26)28-20/h3-14H,1-2H3. The van der Waals surface area contributed by atoms with Gasteiger partial charge in [-0.3, -0.25) is 0 Å². The summed E-state index contributed by atoms with van der Waals surface area (Å²) in [5, 5.41) is 3.10. The summed E-state index contributed by atoms with van der Waals surface area (Å²) in [5.41, 5.74) is 1.59. The second kappa shape index (κ2) is 6.26. The molecule has 0 saturated carbocycles. The summed E-state index contributed by atoms with van der Waals surface area (Å²) in [7, 11) is -6.15. The summed E-state index contributed by atoms with van der Waals surface area (Å²) in [6, 6.07) is 22.6. The van der Waals surface area contributed by atoms with Gasteiger partial charge < -0.3 is 18.3 Å². The molecule has 0 aromatic heterocycles. The van der Waals surface area contributed by atoms with Crippen molar-refractivity contribution in [2.24, 2.45) is 0 Å². The van der Waals surface area contributed by atoms with Crippen LogP contribution in [-0.4, -0.2) is 13.3 Å². The van der Waals surface area contributed by atoms with Crippen molar-refractivity contribution in [3.05, 3.63) is 72.8 Å². The van der Waals surface area contributed by atoms with Crippen molar-refractivity contribution in [2.45, 2.75) is 0 Å². The summed E-state index contributed by atoms with van der Waals surface area (Å²) >= 11 is 0. The van der Waals surface area contributed by atoms with Crippen LogP contribution in [0.1, 0.15) is 0 Å². The van der Waals surface area contributed by atoms with E-state index in [4.69, 9.17) is 13.8 Å². The van der Waals surface area contributed by atoms with Gasteiger partial charge in [-0.15, -0.1) is 0 Å². The SMILES string of the molecule is CP1(=O)Oc2cccc3ccc(-c4ccc5c(c4)P(C)(=O)c4ccccc4O5)c(c23)O1. The summed E-state index contributed by atoms with van der Waals surface area (Å²) < 4.78 is 44.1. The monoisotopic (exact) mass is 448 g/mol. The number of hydrogen-bond donors (Lipinski definition) is 0. The molecule has 0 bridgehead atoms. The number of benzene rings is 4. The lowest BCUT2D eigenvalue weighted by atomic mass is 9.99. The van der Waals surface area contributed by atoms with Crippen LogP contribution in [0.4, 0.5) is 0 Å². The van der Waals surface area contributed by atoms with Gasteiger partial charge in [-0.2, -0.15) is 0 Å². The minimum absolute atomic E-state index is 0.521. The van der Waals surface area contributed by atoms with Crippen LogP contribution in [-0.2, 0) is 9.13 Å². The van der Waals surface area contributed by atoms with Crippen molar-refractivity contribution in [2.75, 3.05) is 13.3 Å². The molecular weight excluding hydrogens is 430 g/mol. The predicted octanol–water partition coefficient (Wildman–Crippen LogP) is 6.15. The number of para-hydroxylation sites is 1. The molecule has 0 spiro atoms. The predicted molar refractivity (Wildman–Crippen MR) is 123 cm³/mol. The average Bonchev–Trinajstić information content (AvgIpc) is 2.73. The lowest BCUT2D eigenvalue weighted by Gasteiger charge is -2.28. The van der Waals surface area contributed by atoms with Crippen molar-refractivity contribution >= 4 is 36.1 Å². The molecule has 2 heterocycles. The summed E-state index contributed by atoms with van der Waals surface area (Å²) in [6.07, 6.45) is 0. The largest absolute Gasteiger partial charge is 0.456 e. The number of ether oxygens (including phenoxy) is 1. The summed E-state index contributed by atoms with van der Waals surface area (Å²) in [6.45, 7) is 3.23. The van der Waals surface area contributed by atoms with Gasteiger partial charge in [-0.05, 0) is 54.0 Å². The first kappa shape index (κ1) is 18.7. The van der Waals surface area contributed by atoms with Crippen molar-refractivity contribution in [1.29, 1.82) is 0 Å². The zero-order valence-electron chi connectivity index (χ0n) is 16.9. The highest BCUT2D eigenvalue weighted by atomic mass is 31.2. The molecule has 0 N–H and O–H groups in total. The molecule has 0 fully saturated rings. The minimum Gasteiger partial charge on any atom is -0.456 e. The van der Waals surface area contributed by atoms with Crippen LogP contribution in [0.2, 0.25) is 0 Å². The maximum Gasteiger partial charge on any atom is 0.427 e. The fourth-order valence-electron chi connectivity index (χ4n) is 4.32. The topological polar surface area (TPSA) is 61.8 Å². The highest BCUT2D eigenvalue weighted by Crippen LogP contribution is 2.57. The van der Waals surface area contributed by atoms with Crippen molar-refractivity contribution in [3.63, 3.8) is 0 Å². The third-order valence-electron chi connectivity index (χ3n) is 5.76. The second-order valence-electron chi connectivity index (χ2n) is 7.93. The van der Waals surface area contributed by atoms with E-state index in [2.05, 4.69) is 0 Å². The molecule has 6 rings (SSSR count). The molecule has 2 atom stereocenters. The zero-order chi connectivity index (χ0) is 21.4. The van der Waals surface area contributed by atoms with Crippen LogP contribution >= 0.6 is 14.7 Å². The van der Waals surface area contributed by atoms with Gasteiger partial charge in [0.2, 0.25) is 0 Å². The molecule has 4 aromatic rings. The highest BCUT2D eigenvalue weighted by molar-refractivity contribution is 7.78. The molecule has 4 aromatic carbocycles. The first-order chi connectivity index (χ1) is 14.8. The van der Waals surface area contributed by atoms with Gasteiger partial charge in [0.25, 0.3) is 0 Å². The van der Waals surface area contributed by atoms with E-state index in [1.54, 1.807) is 12.7 Å². The molecule has 0 aliphatic carbocycles. The smallest absolute Gasteiger partial charge is 0.427 e. The maximum atomic E-state index is 13.8. The fraction of sp³-hybridized carbons (Fsp3) is 0.0833. The van der Waals surface area contributed by atoms with E-state index in [1.807, 2.05) is 66.7 Å². The number of hydrogen-bond acceptors (Lipinski definition) is 5. The maximum absolute atomic E-state index is 13.8. The Morgan fingerprint density at radius 2 is 1.48 bits per heavy atom. The Labute approximate surface area is 179 Å². The van der Waals surface area contributed by atoms with Crippen LogP contribution in [0.3, 0.4) is 0 Å². The molecule has 7 heteroatoms. The molecule has 2 aliphatic rings. The van der Waals surface area contributed by atoms with E-state index >= 15 is 0 Å². The van der Waals surface area contributed by atoms with E-state index in [-0.39, 0.29) is 0 Å².